The molecule has 1 aromatic rings. The Morgan fingerprint density at radius 3 is 2.40 bits per heavy atom. The van der Waals surface area contributed by atoms with Crippen LogP contribution in [0.25, 0.3) is 0 Å². The van der Waals surface area contributed by atoms with Crippen molar-refractivity contribution in [1.82, 2.24) is 4.98 Å². The number of aromatic nitrogens is 1. The monoisotopic (exact) mass is 215 g/mol. The van der Waals surface area contributed by atoms with Gasteiger partial charge in [-0.05, 0) is 19.1 Å². The van der Waals surface area contributed by atoms with Crippen LogP contribution in [0, 0.1) is 0 Å². The summed E-state index contributed by atoms with van der Waals surface area (Å²) in [6.07, 6.45) is 1.66. The van der Waals surface area contributed by atoms with E-state index in [4.69, 9.17) is 5.11 Å². The lowest BCUT2D eigenvalue weighted by atomic mass is 10.4. The second-order valence-electron chi connectivity index (χ2n) is 2.40. The van der Waals surface area contributed by atoms with Crippen LogP contribution < -0.4 is 0 Å². The first-order chi connectivity index (χ1) is 6.70. The number of esters is 1. The van der Waals surface area contributed by atoms with Gasteiger partial charge in [0.15, 0.2) is 0 Å². The minimum absolute atomic E-state index is 0. The fourth-order valence-corrected chi connectivity index (χ4v) is 0.695. The summed E-state index contributed by atoms with van der Waals surface area (Å²) in [5, 5.41) is 8.48. The highest BCUT2D eigenvalue weighted by atomic mass is 16.5. The normalized spacial score (nSPS) is 7.93. The van der Waals surface area contributed by atoms with Gasteiger partial charge in [0.25, 0.3) is 0 Å². The Kier molecular flexibility index (Phi) is 11.3. The van der Waals surface area contributed by atoms with E-state index >= 15 is 0 Å². The molecule has 0 unspecified atom stereocenters. The maximum Gasteiger partial charge on any atom is 0.302 e. The van der Waals surface area contributed by atoms with Gasteiger partial charge in [0.2, 0.25) is 0 Å². The van der Waals surface area contributed by atoms with Crippen molar-refractivity contribution in [3.63, 3.8) is 0 Å². The fraction of sp³-hybridized carbons (Fsp3) is 0.400. The van der Waals surface area contributed by atoms with E-state index in [-0.39, 0.29) is 18.1 Å². The average Bonchev–Trinajstić information content (AvgIpc) is 2.20. The molecule has 0 spiro atoms. The van der Waals surface area contributed by atoms with Gasteiger partial charge >= 0.3 is 5.97 Å². The highest BCUT2D eigenvalue weighted by Gasteiger charge is 1.83. The van der Waals surface area contributed by atoms with E-state index in [2.05, 4.69) is 9.72 Å². The molecule has 3 N–H and O–H groups in total. The van der Waals surface area contributed by atoms with Crippen molar-refractivity contribution < 1.29 is 20.1 Å². The van der Waals surface area contributed by atoms with Crippen molar-refractivity contribution in [1.29, 1.82) is 0 Å². The second-order valence-corrected chi connectivity index (χ2v) is 2.40. The molecule has 5 heteroatoms. The molecule has 15 heavy (non-hydrogen) atoms. The predicted octanol–water partition coefficient (Wildman–Crippen LogP) is 0.319. The Hall–Kier alpha value is -1.46. The van der Waals surface area contributed by atoms with Crippen LogP contribution in [0.2, 0.25) is 0 Å². The molecule has 0 aromatic carbocycles. The lowest BCUT2D eigenvalue weighted by Gasteiger charge is -1.89. The summed E-state index contributed by atoms with van der Waals surface area (Å²) in [4.78, 5) is 13.7. The molecule has 1 rings (SSSR count). The van der Waals surface area contributed by atoms with Crippen LogP contribution in [0.5, 0.6) is 0 Å². The van der Waals surface area contributed by atoms with Crippen molar-refractivity contribution in [2.24, 2.45) is 0 Å². The number of nitrogens with zero attached hydrogens (tertiary/aromatic N) is 1. The molecule has 0 aliphatic rings. The van der Waals surface area contributed by atoms with E-state index in [0.717, 1.165) is 0 Å². The lowest BCUT2D eigenvalue weighted by Crippen LogP contribution is -1.95. The van der Waals surface area contributed by atoms with Crippen molar-refractivity contribution in [2.45, 2.75) is 20.5 Å². The van der Waals surface area contributed by atoms with E-state index in [0.29, 0.717) is 12.3 Å². The summed E-state index contributed by atoms with van der Waals surface area (Å²) in [5.41, 5.74) is 0.715. The smallest absolute Gasteiger partial charge is 0.302 e. The number of aliphatic hydroxyl groups excluding tert-OH is 1. The highest BCUT2D eigenvalue weighted by Crippen LogP contribution is 1.89. The van der Waals surface area contributed by atoms with Crippen LogP contribution in [0.1, 0.15) is 19.5 Å². The molecule has 0 aliphatic heterocycles. The van der Waals surface area contributed by atoms with E-state index in [9.17, 15) is 4.79 Å². The van der Waals surface area contributed by atoms with E-state index in [1.54, 1.807) is 19.2 Å². The van der Waals surface area contributed by atoms with Crippen LogP contribution in [0.4, 0.5) is 0 Å². The third-order valence-corrected chi connectivity index (χ3v) is 1.24. The van der Waals surface area contributed by atoms with Gasteiger partial charge in [-0.3, -0.25) is 9.78 Å². The first-order valence-corrected chi connectivity index (χ1v) is 4.34. The molecule has 0 amide bonds. The summed E-state index contributed by atoms with van der Waals surface area (Å²) in [6.45, 7) is 3.68. The quantitative estimate of drug-likeness (QED) is 0.719. The molecule has 0 aliphatic carbocycles. The Bertz CT molecular complexity index is 251. The minimum Gasteiger partial charge on any atom is -0.466 e. The van der Waals surface area contributed by atoms with Crippen LogP contribution in [-0.4, -0.2) is 28.1 Å². The van der Waals surface area contributed by atoms with Gasteiger partial charge in [-0.25, -0.2) is 0 Å². The summed E-state index contributed by atoms with van der Waals surface area (Å²) >= 11 is 0. The van der Waals surface area contributed by atoms with Gasteiger partial charge in [0.1, 0.15) is 0 Å². The van der Waals surface area contributed by atoms with Gasteiger partial charge in [-0.1, -0.05) is 6.07 Å². The van der Waals surface area contributed by atoms with Crippen molar-refractivity contribution >= 4 is 5.97 Å². The molecule has 5 nitrogen and oxygen atoms in total. The molecule has 0 fully saturated rings. The standard InChI is InChI=1S/C6H7NO.C4H8O2.H2O/c8-5-6-3-1-2-4-7-6;1-3-6-4(2)5;/h1-4,8H,5H2;3H2,1-2H3;1H2. The highest BCUT2D eigenvalue weighted by molar-refractivity contribution is 5.65. The molecule has 0 atom stereocenters. The van der Waals surface area contributed by atoms with Crippen LogP contribution in [0.3, 0.4) is 0 Å². The number of hydrogen-bond donors (Lipinski definition) is 1. The third-order valence-electron chi connectivity index (χ3n) is 1.24. The molecule has 1 aromatic heterocycles. The fourth-order valence-electron chi connectivity index (χ4n) is 0.695. The van der Waals surface area contributed by atoms with Crippen molar-refractivity contribution in [3.05, 3.63) is 30.1 Å². The average molecular weight is 215 g/mol. The van der Waals surface area contributed by atoms with Gasteiger partial charge in [0.05, 0.1) is 18.9 Å². The summed E-state index contributed by atoms with van der Waals surface area (Å²) in [6, 6.07) is 5.44. The van der Waals surface area contributed by atoms with Gasteiger partial charge in [-0.15, -0.1) is 0 Å². The zero-order chi connectivity index (χ0) is 10.8. The topological polar surface area (TPSA) is 90.9 Å². The summed E-state index contributed by atoms with van der Waals surface area (Å²) in [5.74, 6) is -0.211. The van der Waals surface area contributed by atoms with Gasteiger partial charge in [-0.2, -0.15) is 0 Å². The zero-order valence-corrected chi connectivity index (χ0v) is 8.93. The Morgan fingerprint density at radius 2 is 2.20 bits per heavy atom. The number of rotatable bonds is 2. The molecular formula is C10H17NO4. The third kappa shape index (κ3) is 10.5. The molecule has 86 valence electrons. The van der Waals surface area contributed by atoms with E-state index < -0.39 is 0 Å². The molecular weight excluding hydrogens is 198 g/mol. The second kappa shape index (κ2) is 10.6. The molecule has 1 heterocycles. The number of ether oxygens (including phenoxy) is 1. The van der Waals surface area contributed by atoms with Crippen LogP contribution >= 0.6 is 0 Å². The van der Waals surface area contributed by atoms with E-state index in [1.165, 1.54) is 6.92 Å². The van der Waals surface area contributed by atoms with Crippen molar-refractivity contribution in [2.75, 3.05) is 6.61 Å². The largest absolute Gasteiger partial charge is 0.466 e. The SMILES string of the molecule is CCOC(C)=O.O.OCc1ccccn1. The van der Waals surface area contributed by atoms with Gasteiger partial charge in [0, 0.05) is 13.1 Å². The maximum atomic E-state index is 9.82. The van der Waals surface area contributed by atoms with Crippen LogP contribution in [-0.2, 0) is 16.1 Å². The Labute approximate surface area is 89.0 Å². The Morgan fingerprint density at radius 1 is 1.53 bits per heavy atom. The summed E-state index contributed by atoms with van der Waals surface area (Å²) in [7, 11) is 0. The molecule has 0 saturated carbocycles. The first-order valence-electron chi connectivity index (χ1n) is 4.34. The zero-order valence-electron chi connectivity index (χ0n) is 8.93. The van der Waals surface area contributed by atoms with Crippen LogP contribution in [0.15, 0.2) is 24.4 Å². The summed E-state index contributed by atoms with van der Waals surface area (Å²) < 4.78 is 4.40. The molecule has 0 saturated heterocycles. The number of aliphatic hydroxyl groups is 1. The lowest BCUT2D eigenvalue weighted by molar-refractivity contribution is -0.140. The predicted molar refractivity (Wildman–Crippen MR) is 56.1 cm³/mol. The number of hydrogen-bond acceptors (Lipinski definition) is 4. The molecule has 0 bridgehead atoms. The Balaban J connectivity index is 0. The van der Waals surface area contributed by atoms with Gasteiger partial charge < -0.3 is 15.3 Å². The maximum absolute atomic E-state index is 9.82. The number of carbonyl (C=O) groups excluding carboxylic acids is 1. The number of pyridine rings is 1. The van der Waals surface area contributed by atoms with E-state index in [1.807, 2.05) is 12.1 Å². The molecule has 0 radical (unpaired) electrons. The minimum atomic E-state index is -0.211. The van der Waals surface area contributed by atoms with Crippen molar-refractivity contribution in [3.8, 4) is 0 Å². The first kappa shape index (κ1) is 16.0. The number of carbonyl (C=O) groups is 1.